The molecule has 0 radical (unpaired) electrons. The zero-order valence-electron chi connectivity index (χ0n) is 19.0. The Morgan fingerprint density at radius 3 is 2.73 bits per heavy atom. The summed E-state index contributed by atoms with van der Waals surface area (Å²) < 4.78 is 21.2. The van der Waals surface area contributed by atoms with Crippen molar-refractivity contribution in [3.63, 3.8) is 0 Å². The van der Waals surface area contributed by atoms with Crippen LogP contribution >= 0.6 is 0 Å². The quantitative estimate of drug-likeness (QED) is 0.416. The van der Waals surface area contributed by atoms with Crippen molar-refractivity contribution in [2.45, 2.75) is 31.6 Å². The number of nitrogens with zero attached hydrogens (tertiary/aromatic N) is 3. The third-order valence-corrected chi connectivity index (χ3v) is 4.98. The number of hydrogen-bond acceptors (Lipinski definition) is 9. The highest BCUT2D eigenvalue weighted by Crippen LogP contribution is 2.22. The molecule has 0 amide bonds. The van der Waals surface area contributed by atoms with E-state index in [2.05, 4.69) is 9.97 Å². The molecule has 33 heavy (non-hydrogen) atoms. The summed E-state index contributed by atoms with van der Waals surface area (Å²) in [7, 11) is 3.74. The molecule has 174 valence electrons. The van der Waals surface area contributed by atoms with E-state index in [1.165, 1.54) is 6.92 Å². The number of carbonyl (C=O) groups is 2. The molecule has 3 rings (SSSR count). The van der Waals surface area contributed by atoms with Crippen LogP contribution in [0.2, 0.25) is 0 Å². The Kier molecular flexibility index (Phi) is 8.83. The number of anilines is 1. The maximum atomic E-state index is 11.9. The first-order chi connectivity index (χ1) is 15.9. The molecule has 2 aromatic heterocycles. The second kappa shape index (κ2) is 12.0. The van der Waals surface area contributed by atoms with Gasteiger partial charge >= 0.3 is 12.1 Å². The number of pyridine rings is 2. The Hall–Kier alpha value is -3.40. The van der Waals surface area contributed by atoms with E-state index in [1.54, 1.807) is 6.20 Å². The van der Waals surface area contributed by atoms with Gasteiger partial charge in [0.2, 0.25) is 0 Å². The molecule has 10 heteroatoms. The minimum Gasteiger partial charge on any atom is -0.460 e. The maximum Gasteiger partial charge on any atom is 0.508 e. The number of carbonyl (C=O) groups excluding carboxylic acids is 2. The summed E-state index contributed by atoms with van der Waals surface area (Å²) in [5.41, 5.74) is 1.64. The van der Waals surface area contributed by atoms with Crippen molar-refractivity contribution in [3.05, 3.63) is 54.0 Å². The van der Waals surface area contributed by atoms with Crippen LogP contribution in [0.25, 0.3) is 12.2 Å². The van der Waals surface area contributed by atoms with E-state index in [0.29, 0.717) is 13.0 Å². The summed E-state index contributed by atoms with van der Waals surface area (Å²) >= 11 is 0. The van der Waals surface area contributed by atoms with Gasteiger partial charge in [0, 0.05) is 32.6 Å². The molecule has 1 unspecified atom stereocenters. The van der Waals surface area contributed by atoms with Gasteiger partial charge in [-0.25, -0.2) is 9.78 Å². The van der Waals surface area contributed by atoms with Gasteiger partial charge in [-0.15, -0.1) is 0 Å². The zero-order chi connectivity index (χ0) is 23.6. The highest BCUT2D eigenvalue weighted by Gasteiger charge is 2.36. The maximum absolute atomic E-state index is 11.9. The molecule has 3 atom stereocenters. The Labute approximate surface area is 194 Å². The van der Waals surface area contributed by atoms with Crippen molar-refractivity contribution < 1.29 is 28.5 Å². The highest BCUT2D eigenvalue weighted by atomic mass is 16.7. The summed E-state index contributed by atoms with van der Waals surface area (Å²) in [4.78, 5) is 33.9. The number of aromatic nitrogens is 2. The Balaban J connectivity index is 1.41. The van der Waals surface area contributed by atoms with E-state index >= 15 is 0 Å². The predicted molar refractivity (Wildman–Crippen MR) is 125 cm³/mol. The lowest BCUT2D eigenvalue weighted by molar-refractivity contribution is -0.150. The standard InChI is InChI=1S/C23H28BN3O6/c1-16(28)32-19-14-21(24)33-20(19)15-31-23(29)30-13-12-27(2)22-8-5-7-18(26-22)10-9-17-6-3-4-11-25-17/h3-11,19-21H,12-15,24H2,1-2H3/b10-9+/t19?,20-,21-/m1/s1. The lowest BCUT2D eigenvalue weighted by Gasteiger charge is -2.19. The third kappa shape index (κ3) is 7.91. The number of rotatable bonds is 9. The molecule has 1 saturated heterocycles. The first-order valence-electron chi connectivity index (χ1n) is 10.8. The van der Waals surface area contributed by atoms with Crippen LogP contribution in [0, 0.1) is 0 Å². The molecule has 0 aromatic carbocycles. The van der Waals surface area contributed by atoms with E-state index in [4.69, 9.17) is 18.9 Å². The number of likely N-dealkylation sites (N-methyl/N-ethyl adjacent to an activating group) is 1. The van der Waals surface area contributed by atoms with Gasteiger partial charge < -0.3 is 23.8 Å². The van der Waals surface area contributed by atoms with Crippen molar-refractivity contribution in [1.82, 2.24) is 9.97 Å². The molecule has 0 bridgehead atoms. The van der Waals surface area contributed by atoms with Crippen LogP contribution in [0.5, 0.6) is 0 Å². The van der Waals surface area contributed by atoms with Crippen molar-refractivity contribution in [3.8, 4) is 0 Å². The topological polar surface area (TPSA) is 100 Å². The van der Waals surface area contributed by atoms with Crippen LogP contribution in [0.15, 0.2) is 42.6 Å². The summed E-state index contributed by atoms with van der Waals surface area (Å²) in [5, 5.41) is 0. The zero-order valence-corrected chi connectivity index (χ0v) is 19.0. The van der Waals surface area contributed by atoms with Gasteiger partial charge in [-0.1, -0.05) is 12.1 Å². The van der Waals surface area contributed by atoms with Crippen LogP contribution in [-0.4, -0.2) is 75.0 Å². The largest absolute Gasteiger partial charge is 0.508 e. The molecule has 9 nitrogen and oxygen atoms in total. The molecule has 3 heterocycles. The normalized spacial score (nSPS) is 19.9. The molecular formula is C23H28BN3O6. The average molecular weight is 453 g/mol. The minimum absolute atomic E-state index is 0.0385. The minimum atomic E-state index is -0.798. The smallest absolute Gasteiger partial charge is 0.460 e. The fourth-order valence-electron chi connectivity index (χ4n) is 3.37. The average Bonchev–Trinajstić information content (AvgIpc) is 3.15. The lowest BCUT2D eigenvalue weighted by Crippen LogP contribution is -2.32. The summed E-state index contributed by atoms with van der Waals surface area (Å²) in [6.07, 6.45) is 4.37. The number of esters is 1. The van der Waals surface area contributed by atoms with Crippen molar-refractivity contribution in [2.75, 3.05) is 31.7 Å². The highest BCUT2D eigenvalue weighted by molar-refractivity contribution is 6.11. The second-order valence-corrected chi connectivity index (χ2v) is 7.71. The third-order valence-electron chi connectivity index (χ3n) is 4.98. The second-order valence-electron chi connectivity index (χ2n) is 7.71. The Morgan fingerprint density at radius 2 is 1.97 bits per heavy atom. The molecule has 0 spiro atoms. The predicted octanol–water partition coefficient (Wildman–Crippen LogP) is 1.92. The molecule has 1 aliphatic rings. The van der Waals surface area contributed by atoms with Crippen LogP contribution in [0.4, 0.5) is 10.6 Å². The Morgan fingerprint density at radius 1 is 1.18 bits per heavy atom. The first-order valence-corrected chi connectivity index (χ1v) is 10.8. The van der Waals surface area contributed by atoms with Gasteiger partial charge in [-0.2, -0.15) is 0 Å². The molecular weight excluding hydrogens is 425 g/mol. The summed E-state index contributed by atoms with van der Waals surface area (Å²) in [5.74, 6) is 0.353. The fourth-order valence-corrected chi connectivity index (χ4v) is 3.37. The van der Waals surface area contributed by atoms with Crippen molar-refractivity contribution >= 4 is 37.9 Å². The van der Waals surface area contributed by atoms with E-state index in [-0.39, 0.29) is 19.2 Å². The number of ether oxygens (including phenoxy) is 4. The van der Waals surface area contributed by atoms with Gasteiger partial charge in [0.1, 0.15) is 39.1 Å². The van der Waals surface area contributed by atoms with E-state index in [9.17, 15) is 9.59 Å². The van der Waals surface area contributed by atoms with Crippen LogP contribution in [0.3, 0.4) is 0 Å². The Bertz CT molecular complexity index is 958. The van der Waals surface area contributed by atoms with Crippen LogP contribution in [-0.2, 0) is 23.7 Å². The monoisotopic (exact) mass is 453 g/mol. The molecule has 1 fully saturated rings. The molecule has 2 aromatic rings. The molecule has 0 aliphatic carbocycles. The van der Waals surface area contributed by atoms with E-state index in [1.807, 2.05) is 68.3 Å². The van der Waals surface area contributed by atoms with Gasteiger partial charge in [0.05, 0.1) is 17.9 Å². The van der Waals surface area contributed by atoms with E-state index < -0.39 is 24.3 Å². The summed E-state index contributed by atoms with van der Waals surface area (Å²) in [6, 6.07) is 11.3. The van der Waals surface area contributed by atoms with Crippen LogP contribution < -0.4 is 4.90 Å². The van der Waals surface area contributed by atoms with Gasteiger partial charge in [0.15, 0.2) is 0 Å². The first kappa shape index (κ1) is 24.3. The molecule has 0 N–H and O–H groups in total. The van der Waals surface area contributed by atoms with Gasteiger partial charge in [-0.05, 0) is 36.4 Å². The van der Waals surface area contributed by atoms with Crippen molar-refractivity contribution in [2.24, 2.45) is 0 Å². The number of hydrogen-bond donors (Lipinski definition) is 0. The van der Waals surface area contributed by atoms with Crippen LogP contribution in [0.1, 0.15) is 24.7 Å². The SMILES string of the molecule is B[C@H]1CC(OC(C)=O)[C@@H](COC(=O)OCCN(C)c2cccc(/C=C/c3ccccn3)n2)O1. The van der Waals surface area contributed by atoms with Gasteiger partial charge in [0.25, 0.3) is 0 Å². The molecule has 0 saturated carbocycles. The fraction of sp³-hybridized carbons (Fsp3) is 0.391. The summed E-state index contributed by atoms with van der Waals surface area (Å²) in [6.45, 7) is 1.86. The molecule has 1 aliphatic heterocycles. The van der Waals surface area contributed by atoms with Crippen molar-refractivity contribution in [1.29, 1.82) is 0 Å². The van der Waals surface area contributed by atoms with Gasteiger partial charge in [-0.3, -0.25) is 9.78 Å². The van der Waals surface area contributed by atoms with E-state index in [0.717, 1.165) is 17.2 Å². The lowest BCUT2D eigenvalue weighted by atomic mass is 9.96.